The second kappa shape index (κ2) is 7.64. The molecule has 5 heteroatoms. The van der Waals surface area contributed by atoms with Gasteiger partial charge in [-0.1, -0.05) is 37.3 Å². The van der Waals surface area contributed by atoms with Crippen molar-refractivity contribution in [1.82, 2.24) is 14.7 Å². The lowest BCUT2D eigenvalue weighted by molar-refractivity contribution is -0.132. The topological polar surface area (TPSA) is 55.2 Å². The quantitative estimate of drug-likeness (QED) is 0.860. The molecule has 1 fully saturated rings. The van der Waals surface area contributed by atoms with E-state index >= 15 is 0 Å². The van der Waals surface area contributed by atoms with Crippen LogP contribution < -0.4 is 5.56 Å². The smallest absolute Gasteiger partial charge is 0.267 e. The van der Waals surface area contributed by atoms with E-state index in [4.69, 9.17) is 0 Å². The van der Waals surface area contributed by atoms with Gasteiger partial charge in [0.1, 0.15) is 0 Å². The first-order valence-corrected chi connectivity index (χ1v) is 9.03. The predicted molar refractivity (Wildman–Crippen MR) is 98.4 cm³/mol. The van der Waals surface area contributed by atoms with Gasteiger partial charge < -0.3 is 4.90 Å². The Hall–Kier alpha value is -2.43. The van der Waals surface area contributed by atoms with E-state index < -0.39 is 0 Å². The summed E-state index contributed by atoms with van der Waals surface area (Å²) in [5.74, 6) is 0.218. The van der Waals surface area contributed by atoms with Crippen molar-refractivity contribution >= 4 is 5.91 Å². The van der Waals surface area contributed by atoms with Gasteiger partial charge in [-0.15, -0.1) is 0 Å². The van der Waals surface area contributed by atoms with Gasteiger partial charge >= 0.3 is 0 Å². The molecule has 5 nitrogen and oxygen atoms in total. The van der Waals surface area contributed by atoms with Crippen LogP contribution in [0.5, 0.6) is 0 Å². The molecular weight excluding hydrogens is 314 g/mol. The van der Waals surface area contributed by atoms with E-state index in [1.807, 2.05) is 49.1 Å². The lowest BCUT2D eigenvalue weighted by Crippen LogP contribution is -2.41. The zero-order valence-corrected chi connectivity index (χ0v) is 14.9. The minimum Gasteiger partial charge on any atom is -0.343 e. The van der Waals surface area contributed by atoms with Gasteiger partial charge in [-0.25, -0.2) is 4.68 Å². The van der Waals surface area contributed by atoms with Crippen LogP contribution in [0.3, 0.4) is 0 Å². The molecule has 2 heterocycles. The Balaban J connectivity index is 1.82. The van der Waals surface area contributed by atoms with E-state index in [1.54, 1.807) is 10.7 Å². The van der Waals surface area contributed by atoms with E-state index in [-0.39, 0.29) is 17.5 Å². The molecule has 1 aliphatic heterocycles. The van der Waals surface area contributed by atoms with Gasteiger partial charge in [0.25, 0.3) is 5.56 Å². The SMILES string of the molecule is CCCC(=O)N1CCC(n2nc(-c3ccccc3)c(C)cc2=O)CC1. The van der Waals surface area contributed by atoms with Crippen molar-refractivity contribution in [3.63, 3.8) is 0 Å². The van der Waals surface area contributed by atoms with Crippen LogP contribution in [0.1, 0.15) is 44.2 Å². The zero-order valence-electron chi connectivity index (χ0n) is 14.9. The molecule has 0 bridgehead atoms. The number of carbonyl (C=O) groups excluding carboxylic acids is 1. The minimum atomic E-state index is -0.0597. The monoisotopic (exact) mass is 339 g/mol. The summed E-state index contributed by atoms with van der Waals surface area (Å²) in [5, 5.41) is 4.67. The van der Waals surface area contributed by atoms with Crippen LogP contribution in [0, 0.1) is 6.92 Å². The highest BCUT2D eigenvalue weighted by Crippen LogP contribution is 2.24. The number of benzene rings is 1. The lowest BCUT2D eigenvalue weighted by Gasteiger charge is -2.32. The Morgan fingerprint density at radius 1 is 1.20 bits per heavy atom. The van der Waals surface area contributed by atoms with Crippen LogP contribution in [-0.2, 0) is 4.79 Å². The van der Waals surface area contributed by atoms with Crippen LogP contribution in [-0.4, -0.2) is 33.7 Å². The number of hydrogen-bond acceptors (Lipinski definition) is 3. The number of amides is 1. The lowest BCUT2D eigenvalue weighted by atomic mass is 10.0. The van der Waals surface area contributed by atoms with E-state index in [1.165, 1.54) is 0 Å². The average Bonchev–Trinajstić information content (AvgIpc) is 2.63. The molecule has 0 spiro atoms. The van der Waals surface area contributed by atoms with E-state index in [2.05, 4.69) is 5.10 Å². The highest BCUT2D eigenvalue weighted by molar-refractivity contribution is 5.76. The van der Waals surface area contributed by atoms with Gasteiger partial charge in [-0.05, 0) is 31.7 Å². The van der Waals surface area contributed by atoms with Crippen molar-refractivity contribution in [2.75, 3.05) is 13.1 Å². The Bertz CT molecular complexity index is 790. The summed E-state index contributed by atoms with van der Waals surface area (Å²) in [6.45, 7) is 5.34. The molecule has 1 aliphatic rings. The first kappa shape index (κ1) is 17.4. The molecular formula is C20H25N3O2. The molecule has 0 aliphatic carbocycles. The van der Waals surface area contributed by atoms with Crippen LogP contribution in [0.25, 0.3) is 11.3 Å². The largest absolute Gasteiger partial charge is 0.343 e. The van der Waals surface area contributed by atoms with Crippen molar-refractivity contribution < 1.29 is 4.79 Å². The second-order valence-corrected chi connectivity index (χ2v) is 6.69. The van der Waals surface area contributed by atoms with Gasteiger partial charge in [0.05, 0.1) is 11.7 Å². The molecule has 3 rings (SSSR count). The summed E-state index contributed by atoms with van der Waals surface area (Å²) < 4.78 is 1.62. The third kappa shape index (κ3) is 3.81. The highest BCUT2D eigenvalue weighted by Gasteiger charge is 2.25. The van der Waals surface area contributed by atoms with E-state index in [9.17, 15) is 9.59 Å². The number of piperidine rings is 1. The van der Waals surface area contributed by atoms with Crippen molar-refractivity contribution in [3.8, 4) is 11.3 Å². The number of likely N-dealkylation sites (tertiary alicyclic amines) is 1. The molecule has 1 amide bonds. The molecule has 2 aromatic rings. The molecule has 0 atom stereocenters. The van der Waals surface area contributed by atoms with Gasteiger partial charge in [0.15, 0.2) is 0 Å². The van der Waals surface area contributed by atoms with Gasteiger partial charge in [0, 0.05) is 31.1 Å². The van der Waals surface area contributed by atoms with E-state index in [0.29, 0.717) is 19.5 Å². The zero-order chi connectivity index (χ0) is 17.8. The Morgan fingerprint density at radius 2 is 1.88 bits per heavy atom. The Labute approximate surface area is 148 Å². The normalized spacial score (nSPS) is 15.4. The number of hydrogen-bond donors (Lipinski definition) is 0. The third-order valence-corrected chi connectivity index (χ3v) is 4.82. The van der Waals surface area contributed by atoms with Crippen molar-refractivity contribution in [3.05, 3.63) is 52.3 Å². The maximum atomic E-state index is 12.5. The summed E-state index contributed by atoms with van der Waals surface area (Å²) in [6.07, 6.45) is 3.03. The molecule has 0 saturated carbocycles. The fraction of sp³-hybridized carbons (Fsp3) is 0.450. The molecule has 25 heavy (non-hydrogen) atoms. The van der Waals surface area contributed by atoms with Crippen molar-refractivity contribution in [1.29, 1.82) is 0 Å². The molecule has 1 saturated heterocycles. The molecule has 132 valence electrons. The van der Waals surface area contributed by atoms with Crippen molar-refractivity contribution in [2.24, 2.45) is 0 Å². The summed E-state index contributed by atoms with van der Waals surface area (Å²) in [7, 11) is 0. The number of aromatic nitrogens is 2. The highest BCUT2D eigenvalue weighted by atomic mass is 16.2. The van der Waals surface area contributed by atoms with Gasteiger partial charge in [-0.2, -0.15) is 5.10 Å². The van der Waals surface area contributed by atoms with Gasteiger partial charge in [-0.3, -0.25) is 9.59 Å². The number of aryl methyl sites for hydroxylation is 1. The number of nitrogens with zero attached hydrogens (tertiary/aromatic N) is 3. The fourth-order valence-electron chi connectivity index (χ4n) is 3.43. The minimum absolute atomic E-state index is 0.0567. The standard InChI is InChI=1S/C20H25N3O2/c1-3-7-18(24)22-12-10-17(11-13-22)23-19(25)14-15(2)20(21-23)16-8-5-4-6-9-16/h4-6,8-9,14,17H,3,7,10-13H2,1-2H3. The number of carbonyl (C=O) groups is 1. The summed E-state index contributed by atoms with van der Waals surface area (Å²) in [6, 6.07) is 11.7. The third-order valence-electron chi connectivity index (χ3n) is 4.82. The Morgan fingerprint density at radius 3 is 2.52 bits per heavy atom. The predicted octanol–water partition coefficient (Wildman–Crippen LogP) is 3.18. The van der Waals surface area contributed by atoms with E-state index in [0.717, 1.165) is 36.1 Å². The maximum Gasteiger partial charge on any atom is 0.267 e. The maximum absolute atomic E-state index is 12.5. The molecule has 0 radical (unpaired) electrons. The first-order chi connectivity index (χ1) is 12.1. The molecule has 0 N–H and O–H groups in total. The van der Waals surface area contributed by atoms with Gasteiger partial charge in [0.2, 0.25) is 5.91 Å². The van der Waals surface area contributed by atoms with Crippen LogP contribution in [0.4, 0.5) is 0 Å². The number of rotatable bonds is 4. The van der Waals surface area contributed by atoms with Crippen LogP contribution in [0.2, 0.25) is 0 Å². The summed E-state index contributed by atoms with van der Waals surface area (Å²) in [5.41, 5.74) is 2.70. The molecule has 0 unspecified atom stereocenters. The Kier molecular flexibility index (Phi) is 5.31. The van der Waals surface area contributed by atoms with Crippen LogP contribution >= 0.6 is 0 Å². The van der Waals surface area contributed by atoms with Crippen molar-refractivity contribution in [2.45, 2.75) is 45.6 Å². The summed E-state index contributed by atoms with van der Waals surface area (Å²) >= 11 is 0. The first-order valence-electron chi connectivity index (χ1n) is 9.03. The molecule has 1 aromatic heterocycles. The average molecular weight is 339 g/mol. The summed E-state index contributed by atoms with van der Waals surface area (Å²) in [4.78, 5) is 26.4. The van der Waals surface area contributed by atoms with Crippen LogP contribution in [0.15, 0.2) is 41.2 Å². The molecule has 1 aromatic carbocycles. The second-order valence-electron chi connectivity index (χ2n) is 6.69. The fourth-order valence-corrected chi connectivity index (χ4v) is 3.43.